The Balaban J connectivity index is 1.73. The molecular formula is C19H21F3N4O. The van der Waals surface area contributed by atoms with Crippen LogP contribution in [-0.4, -0.2) is 36.1 Å². The Bertz CT molecular complexity index is 883. The first-order chi connectivity index (χ1) is 12.8. The zero-order valence-electron chi connectivity index (χ0n) is 15.0. The molecule has 27 heavy (non-hydrogen) atoms. The average molecular weight is 378 g/mol. The smallest absolute Gasteiger partial charge is 0.368 e. The van der Waals surface area contributed by atoms with E-state index in [4.69, 9.17) is 0 Å². The van der Waals surface area contributed by atoms with Crippen molar-refractivity contribution in [1.82, 2.24) is 9.97 Å². The van der Waals surface area contributed by atoms with Crippen LogP contribution in [0.1, 0.15) is 16.8 Å². The first-order valence-electron chi connectivity index (χ1n) is 8.67. The summed E-state index contributed by atoms with van der Waals surface area (Å²) >= 11 is 0. The SMILES string of the molecule is C=CCc1c(C)nc(N2CCN(c3cccc(C(F)(F)F)c3)CC2)[nH]c1=O. The number of nitrogens with zero attached hydrogens (tertiary/aromatic N) is 3. The van der Waals surface area contributed by atoms with Crippen LogP contribution in [0, 0.1) is 6.92 Å². The van der Waals surface area contributed by atoms with Crippen LogP contribution in [0.25, 0.3) is 0 Å². The van der Waals surface area contributed by atoms with E-state index in [0.29, 0.717) is 55.5 Å². The molecule has 5 nitrogen and oxygen atoms in total. The van der Waals surface area contributed by atoms with E-state index in [0.717, 1.165) is 6.07 Å². The average Bonchev–Trinajstić information content (AvgIpc) is 2.64. The molecule has 1 aromatic carbocycles. The molecule has 0 atom stereocenters. The van der Waals surface area contributed by atoms with Gasteiger partial charge in [-0.2, -0.15) is 13.2 Å². The van der Waals surface area contributed by atoms with E-state index in [1.165, 1.54) is 12.1 Å². The molecule has 0 radical (unpaired) electrons. The number of benzene rings is 1. The lowest BCUT2D eigenvalue weighted by atomic mass is 10.1. The summed E-state index contributed by atoms with van der Waals surface area (Å²) in [5, 5.41) is 0. The maximum absolute atomic E-state index is 12.9. The highest BCUT2D eigenvalue weighted by Crippen LogP contribution is 2.32. The molecule has 1 aliphatic heterocycles. The van der Waals surface area contributed by atoms with Crippen molar-refractivity contribution in [2.24, 2.45) is 0 Å². The fourth-order valence-corrected chi connectivity index (χ4v) is 3.19. The predicted molar refractivity (Wildman–Crippen MR) is 99.4 cm³/mol. The van der Waals surface area contributed by atoms with Gasteiger partial charge in [-0.25, -0.2) is 4.98 Å². The molecule has 0 saturated carbocycles. The molecule has 0 spiro atoms. The van der Waals surface area contributed by atoms with Crippen LogP contribution in [0.3, 0.4) is 0 Å². The molecule has 0 unspecified atom stereocenters. The molecular weight excluding hydrogens is 357 g/mol. The van der Waals surface area contributed by atoms with Crippen LogP contribution >= 0.6 is 0 Å². The third-order valence-electron chi connectivity index (χ3n) is 4.68. The molecule has 8 heteroatoms. The van der Waals surface area contributed by atoms with Crippen LogP contribution in [0.15, 0.2) is 41.7 Å². The fourth-order valence-electron chi connectivity index (χ4n) is 3.19. The summed E-state index contributed by atoms with van der Waals surface area (Å²) < 4.78 is 38.7. The Morgan fingerprint density at radius 2 is 1.89 bits per heavy atom. The molecule has 1 saturated heterocycles. The molecule has 144 valence electrons. The number of nitrogens with one attached hydrogen (secondary N) is 1. The van der Waals surface area contributed by atoms with Crippen molar-refractivity contribution in [2.45, 2.75) is 19.5 Å². The van der Waals surface area contributed by atoms with E-state index in [9.17, 15) is 18.0 Å². The zero-order valence-corrected chi connectivity index (χ0v) is 15.0. The first-order valence-corrected chi connectivity index (χ1v) is 8.67. The summed E-state index contributed by atoms with van der Waals surface area (Å²) in [7, 11) is 0. The highest BCUT2D eigenvalue weighted by atomic mass is 19.4. The number of aromatic nitrogens is 2. The summed E-state index contributed by atoms with van der Waals surface area (Å²) in [4.78, 5) is 23.3. The fraction of sp³-hybridized carbons (Fsp3) is 0.368. The number of aromatic amines is 1. The van der Waals surface area contributed by atoms with Gasteiger partial charge in [-0.1, -0.05) is 12.1 Å². The largest absolute Gasteiger partial charge is 0.416 e. The zero-order chi connectivity index (χ0) is 19.6. The molecule has 2 aromatic rings. The van der Waals surface area contributed by atoms with E-state index < -0.39 is 11.7 Å². The summed E-state index contributed by atoms with van der Waals surface area (Å²) in [5.41, 5.74) is 0.966. The summed E-state index contributed by atoms with van der Waals surface area (Å²) in [6, 6.07) is 5.34. The standard InChI is InChI=1S/C19H21F3N4O/c1-3-5-16-13(2)23-18(24-17(16)27)26-10-8-25(9-11-26)15-7-4-6-14(12-15)19(20,21)22/h3-4,6-7,12H,1,5,8-11H2,2H3,(H,23,24,27). The van der Waals surface area contributed by atoms with Crippen molar-refractivity contribution < 1.29 is 13.2 Å². The van der Waals surface area contributed by atoms with E-state index in [1.807, 2.05) is 9.80 Å². The summed E-state index contributed by atoms with van der Waals surface area (Å²) in [6.45, 7) is 7.62. The second-order valence-electron chi connectivity index (χ2n) is 6.47. The van der Waals surface area contributed by atoms with Crippen molar-refractivity contribution in [3.63, 3.8) is 0 Å². The predicted octanol–water partition coefficient (Wildman–Crippen LogP) is 3.15. The third-order valence-corrected chi connectivity index (χ3v) is 4.68. The maximum Gasteiger partial charge on any atom is 0.416 e. The van der Waals surface area contributed by atoms with Crippen molar-refractivity contribution in [3.05, 3.63) is 64.1 Å². The monoisotopic (exact) mass is 378 g/mol. The Labute approximate surface area is 155 Å². The van der Waals surface area contributed by atoms with Crippen LogP contribution in [-0.2, 0) is 12.6 Å². The minimum Gasteiger partial charge on any atom is -0.368 e. The van der Waals surface area contributed by atoms with Crippen LogP contribution in [0.5, 0.6) is 0 Å². The maximum atomic E-state index is 12.9. The number of halogens is 3. The second-order valence-corrected chi connectivity index (χ2v) is 6.47. The Kier molecular flexibility index (Phi) is 5.25. The Morgan fingerprint density at radius 1 is 1.22 bits per heavy atom. The molecule has 0 bridgehead atoms. The lowest BCUT2D eigenvalue weighted by Crippen LogP contribution is -2.47. The summed E-state index contributed by atoms with van der Waals surface area (Å²) in [6.07, 6.45) is -2.24. The number of alkyl halides is 3. The minimum absolute atomic E-state index is 0.183. The van der Waals surface area contributed by atoms with Gasteiger partial charge in [0.1, 0.15) is 0 Å². The van der Waals surface area contributed by atoms with Crippen LogP contribution in [0.2, 0.25) is 0 Å². The van der Waals surface area contributed by atoms with Crippen molar-refractivity contribution in [3.8, 4) is 0 Å². The van der Waals surface area contributed by atoms with E-state index >= 15 is 0 Å². The molecule has 1 fully saturated rings. The third kappa shape index (κ3) is 4.15. The quantitative estimate of drug-likeness (QED) is 0.831. The van der Waals surface area contributed by atoms with E-state index in [2.05, 4.69) is 16.5 Å². The molecule has 0 amide bonds. The number of rotatable bonds is 4. The number of hydrogen-bond acceptors (Lipinski definition) is 4. The van der Waals surface area contributed by atoms with Crippen molar-refractivity contribution in [1.29, 1.82) is 0 Å². The molecule has 1 aliphatic rings. The number of hydrogen-bond donors (Lipinski definition) is 1. The number of piperazine rings is 1. The number of H-pyrrole nitrogens is 1. The summed E-state index contributed by atoms with van der Waals surface area (Å²) in [5.74, 6) is 0.494. The number of allylic oxidation sites excluding steroid dienone is 1. The van der Waals surface area contributed by atoms with Gasteiger partial charge in [0.2, 0.25) is 5.95 Å². The number of aryl methyl sites for hydroxylation is 1. The second kappa shape index (κ2) is 7.46. The van der Waals surface area contributed by atoms with Crippen LogP contribution < -0.4 is 15.4 Å². The van der Waals surface area contributed by atoms with E-state index in [1.54, 1.807) is 19.1 Å². The Morgan fingerprint density at radius 3 is 2.48 bits per heavy atom. The van der Waals surface area contributed by atoms with Gasteiger partial charge >= 0.3 is 6.18 Å². The van der Waals surface area contributed by atoms with Crippen molar-refractivity contribution in [2.75, 3.05) is 36.0 Å². The van der Waals surface area contributed by atoms with Gasteiger partial charge in [0, 0.05) is 37.4 Å². The van der Waals surface area contributed by atoms with Gasteiger partial charge in [0.25, 0.3) is 5.56 Å². The van der Waals surface area contributed by atoms with Crippen LogP contribution in [0.4, 0.5) is 24.8 Å². The van der Waals surface area contributed by atoms with Gasteiger partial charge in [0.15, 0.2) is 0 Å². The van der Waals surface area contributed by atoms with Gasteiger partial charge in [-0.3, -0.25) is 9.78 Å². The first kappa shape index (κ1) is 19.0. The highest BCUT2D eigenvalue weighted by Gasteiger charge is 2.31. The van der Waals surface area contributed by atoms with Gasteiger partial charge in [-0.15, -0.1) is 6.58 Å². The Hall–Kier alpha value is -2.77. The molecule has 1 N–H and O–H groups in total. The van der Waals surface area contributed by atoms with Gasteiger partial charge in [-0.05, 0) is 31.5 Å². The normalized spacial score (nSPS) is 15.1. The number of anilines is 2. The highest BCUT2D eigenvalue weighted by molar-refractivity contribution is 5.51. The van der Waals surface area contributed by atoms with E-state index in [-0.39, 0.29) is 5.56 Å². The molecule has 2 heterocycles. The molecule has 1 aromatic heterocycles. The topological polar surface area (TPSA) is 52.2 Å². The minimum atomic E-state index is -4.36. The lowest BCUT2D eigenvalue weighted by molar-refractivity contribution is -0.137. The van der Waals surface area contributed by atoms with Crippen molar-refractivity contribution >= 4 is 11.6 Å². The molecule has 0 aliphatic carbocycles. The van der Waals surface area contributed by atoms with Gasteiger partial charge in [0.05, 0.1) is 11.3 Å². The lowest BCUT2D eigenvalue weighted by Gasteiger charge is -2.36. The molecule has 3 rings (SSSR count). The van der Waals surface area contributed by atoms with Gasteiger partial charge < -0.3 is 9.80 Å².